The van der Waals surface area contributed by atoms with Crippen LogP contribution in [0.2, 0.25) is 0 Å². The van der Waals surface area contributed by atoms with Crippen LogP contribution in [-0.4, -0.2) is 75.4 Å². The Kier molecular flexibility index (Phi) is 6.08. The fourth-order valence-electron chi connectivity index (χ4n) is 4.05. The number of hydrogen-bond acceptors (Lipinski definition) is 7. The zero-order chi connectivity index (χ0) is 19.6. The average Bonchev–Trinajstić information content (AvgIpc) is 3.01. The lowest BCUT2D eigenvalue weighted by Crippen LogP contribution is -2.42. The molecule has 1 N–H and O–H groups in total. The van der Waals surface area contributed by atoms with Gasteiger partial charge in [0.2, 0.25) is 0 Å². The van der Waals surface area contributed by atoms with E-state index in [9.17, 15) is 18.3 Å². The van der Waals surface area contributed by atoms with Gasteiger partial charge in [0.15, 0.2) is 0 Å². The highest BCUT2D eigenvalue weighted by Gasteiger charge is 2.42. The van der Waals surface area contributed by atoms with Crippen molar-refractivity contribution >= 4 is 15.8 Å². The number of hydrogen-bond donors (Lipinski definition) is 1. The first kappa shape index (κ1) is 20.1. The Balaban J connectivity index is 1.57. The maximum atomic E-state index is 11.5. The molecule has 1 saturated heterocycles. The topological polar surface area (TPSA) is 93.1 Å². The van der Waals surface area contributed by atoms with E-state index in [4.69, 9.17) is 4.74 Å². The predicted octanol–water partition coefficient (Wildman–Crippen LogP) is 0.968. The zero-order valence-electron chi connectivity index (χ0n) is 15.7. The second-order valence-electron chi connectivity index (χ2n) is 7.62. The van der Waals surface area contributed by atoms with Crippen LogP contribution in [0.4, 0.5) is 0 Å². The number of ether oxygens (including phenoxy) is 2. The lowest BCUT2D eigenvalue weighted by molar-refractivity contribution is -0.0231. The van der Waals surface area contributed by atoms with Crippen molar-refractivity contribution in [2.45, 2.75) is 25.0 Å². The van der Waals surface area contributed by atoms with Gasteiger partial charge in [-0.3, -0.25) is 0 Å². The molecule has 1 aliphatic heterocycles. The molecule has 7 nitrogen and oxygen atoms in total. The third kappa shape index (κ3) is 5.21. The molecule has 1 aliphatic carbocycles. The maximum Gasteiger partial charge on any atom is 0.337 e. The van der Waals surface area contributed by atoms with E-state index in [2.05, 4.69) is 9.64 Å². The number of esters is 1. The first-order valence-corrected chi connectivity index (χ1v) is 11.2. The van der Waals surface area contributed by atoms with Crippen LogP contribution in [0.15, 0.2) is 24.3 Å². The van der Waals surface area contributed by atoms with Crippen molar-refractivity contribution < 1.29 is 27.8 Å². The highest BCUT2D eigenvalue weighted by atomic mass is 32.2. The van der Waals surface area contributed by atoms with Crippen molar-refractivity contribution in [3.05, 3.63) is 29.8 Å². The van der Waals surface area contributed by atoms with Gasteiger partial charge in [-0.05, 0) is 48.9 Å². The van der Waals surface area contributed by atoms with Gasteiger partial charge in [0, 0.05) is 25.9 Å². The molecule has 27 heavy (non-hydrogen) atoms. The van der Waals surface area contributed by atoms with Crippen LogP contribution in [0.1, 0.15) is 23.2 Å². The predicted molar refractivity (Wildman–Crippen MR) is 101 cm³/mol. The molecular formula is C19H27NO6S. The molecule has 8 heteroatoms. The molecule has 1 aromatic carbocycles. The molecule has 150 valence electrons. The number of rotatable bonds is 6. The van der Waals surface area contributed by atoms with E-state index in [0.29, 0.717) is 36.1 Å². The van der Waals surface area contributed by atoms with Gasteiger partial charge in [-0.2, -0.15) is 0 Å². The number of aliphatic hydroxyl groups is 1. The van der Waals surface area contributed by atoms with Crippen LogP contribution in [0.5, 0.6) is 5.75 Å². The van der Waals surface area contributed by atoms with Gasteiger partial charge in [0.25, 0.3) is 0 Å². The summed E-state index contributed by atoms with van der Waals surface area (Å²) in [5.41, 5.74) is 0.450. The summed E-state index contributed by atoms with van der Waals surface area (Å²) in [4.78, 5) is 13.7. The molecule has 1 saturated carbocycles. The average molecular weight is 397 g/mol. The van der Waals surface area contributed by atoms with Crippen LogP contribution < -0.4 is 4.74 Å². The quantitative estimate of drug-likeness (QED) is 0.715. The minimum Gasteiger partial charge on any atom is -0.488 e. The molecule has 0 spiro atoms. The van der Waals surface area contributed by atoms with Crippen molar-refractivity contribution in [3.63, 3.8) is 0 Å². The lowest BCUT2D eigenvalue weighted by atomic mass is 9.78. The molecular weight excluding hydrogens is 370 g/mol. The molecule has 0 unspecified atom stereocenters. The zero-order valence-corrected chi connectivity index (χ0v) is 16.5. The van der Waals surface area contributed by atoms with Gasteiger partial charge in [-0.15, -0.1) is 0 Å². The summed E-state index contributed by atoms with van der Waals surface area (Å²) in [7, 11) is -1.63. The van der Waals surface area contributed by atoms with Gasteiger partial charge in [-0.25, -0.2) is 13.2 Å². The minimum absolute atomic E-state index is 0.168. The van der Waals surface area contributed by atoms with E-state index < -0.39 is 21.9 Å². The van der Waals surface area contributed by atoms with Gasteiger partial charge in [0.1, 0.15) is 21.7 Å². The summed E-state index contributed by atoms with van der Waals surface area (Å²) >= 11 is 0. The molecule has 4 atom stereocenters. The van der Waals surface area contributed by atoms with Crippen LogP contribution >= 0.6 is 0 Å². The van der Waals surface area contributed by atoms with E-state index in [0.717, 1.165) is 19.5 Å². The van der Waals surface area contributed by atoms with Crippen molar-refractivity contribution in [2.24, 2.45) is 11.8 Å². The van der Waals surface area contributed by atoms with Crippen LogP contribution in [0, 0.1) is 11.8 Å². The number of likely N-dealkylation sites (tertiary alicyclic amines) is 1. The van der Waals surface area contributed by atoms with Crippen LogP contribution in [0.3, 0.4) is 0 Å². The Bertz CT molecular complexity index is 763. The normalized spacial score (nSPS) is 28.6. The second kappa shape index (κ2) is 8.16. The number of methoxy groups -OCH3 is 1. The van der Waals surface area contributed by atoms with Crippen LogP contribution in [-0.2, 0) is 14.6 Å². The number of benzene rings is 1. The second-order valence-corrected chi connectivity index (χ2v) is 9.88. The summed E-state index contributed by atoms with van der Waals surface area (Å²) in [6.45, 7) is 2.22. The molecule has 2 aliphatic rings. The monoisotopic (exact) mass is 397 g/mol. The van der Waals surface area contributed by atoms with E-state index in [1.807, 2.05) is 0 Å². The highest BCUT2D eigenvalue weighted by Crippen LogP contribution is 2.38. The Morgan fingerprint density at radius 2 is 1.81 bits per heavy atom. The smallest absolute Gasteiger partial charge is 0.337 e. The number of aliphatic hydroxyl groups excluding tert-OH is 1. The molecule has 0 radical (unpaired) electrons. The summed E-state index contributed by atoms with van der Waals surface area (Å²) in [5.74, 6) is 1.15. The molecule has 2 fully saturated rings. The lowest BCUT2D eigenvalue weighted by Gasteiger charge is -2.35. The van der Waals surface area contributed by atoms with E-state index >= 15 is 0 Å². The van der Waals surface area contributed by atoms with Crippen molar-refractivity contribution in [1.29, 1.82) is 0 Å². The molecule has 0 bridgehead atoms. The van der Waals surface area contributed by atoms with Gasteiger partial charge >= 0.3 is 5.97 Å². The standard InChI is InChI=1S/C19H27NO6S/c1-25-19(22)13-3-5-16(6-4-13)26-18-10-15-12-20(7-8-27(2,23)24)11-14(15)9-17(18)21/h3-6,14-15,17-18,21H,7-12H2,1-2H3/t14-,15+,17+,18+/m0/s1. The Morgan fingerprint density at radius 3 is 2.41 bits per heavy atom. The van der Waals surface area contributed by atoms with E-state index in [1.54, 1.807) is 24.3 Å². The largest absolute Gasteiger partial charge is 0.488 e. The Morgan fingerprint density at radius 1 is 1.19 bits per heavy atom. The minimum atomic E-state index is -2.97. The Hall–Kier alpha value is -1.64. The number of carbonyl (C=O) groups is 1. The molecule has 1 aromatic rings. The SMILES string of the molecule is COC(=O)c1ccc(O[C@@H]2C[C@@H]3CN(CCS(C)(=O)=O)C[C@@H]3C[C@H]2O)cc1. The highest BCUT2D eigenvalue weighted by molar-refractivity contribution is 7.90. The van der Waals surface area contributed by atoms with Gasteiger partial charge < -0.3 is 19.5 Å². The van der Waals surface area contributed by atoms with Crippen molar-refractivity contribution in [2.75, 3.05) is 38.8 Å². The first-order valence-electron chi connectivity index (χ1n) is 9.18. The number of fused-ring (bicyclic) bond motifs is 1. The number of sulfone groups is 1. The summed E-state index contributed by atoms with van der Waals surface area (Å²) in [5, 5.41) is 10.5. The first-order chi connectivity index (χ1) is 12.7. The summed E-state index contributed by atoms with van der Waals surface area (Å²) in [6, 6.07) is 6.69. The maximum absolute atomic E-state index is 11.5. The van der Waals surface area contributed by atoms with E-state index in [-0.39, 0.29) is 11.9 Å². The van der Waals surface area contributed by atoms with Crippen LogP contribution in [0.25, 0.3) is 0 Å². The summed E-state index contributed by atoms with van der Waals surface area (Å²) in [6.07, 6.45) is 1.80. The fraction of sp³-hybridized carbons (Fsp3) is 0.632. The van der Waals surface area contributed by atoms with E-state index in [1.165, 1.54) is 13.4 Å². The van der Waals surface area contributed by atoms with Crippen molar-refractivity contribution in [3.8, 4) is 5.75 Å². The Labute approximate surface area is 160 Å². The van der Waals surface area contributed by atoms with Gasteiger partial charge in [0.05, 0.1) is 24.5 Å². The molecule has 0 aromatic heterocycles. The molecule has 3 rings (SSSR count). The van der Waals surface area contributed by atoms with Crippen molar-refractivity contribution in [1.82, 2.24) is 4.90 Å². The summed E-state index contributed by atoms with van der Waals surface area (Å²) < 4.78 is 33.4. The molecule has 1 heterocycles. The number of carbonyl (C=O) groups excluding carboxylic acids is 1. The van der Waals surface area contributed by atoms with Gasteiger partial charge in [-0.1, -0.05) is 0 Å². The third-order valence-electron chi connectivity index (χ3n) is 5.50. The number of nitrogens with zero attached hydrogens (tertiary/aromatic N) is 1. The fourth-order valence-corrected chi connectivity index (χ4v) is 4.64. The molecule has 0 amide bonds. The third-order valence-corrected chi connectivity index (χ3v) is 6.43.